The van der Waals surface area contributed by atoms with Crippen LogP contribution in [0.1, 0.15) is 42.6 Å². The van der Waals surface area contributed by atoms with Crippen molar-refractivity contribution in [3.8, 4) is 0 Å². The zero-order valence-corrected chi connectivity index (χ0v) is 13.0. The molecule has 1 aliphatic heterocycles. The first-order chi connectivity index (χ1) is 10.5. The van der Waals surface area contributed by atoms with Gasteiger partial charge < -0.3 is 0 Å². The lowest BCUT2D eigenvalue weighted by Crippen LogP contribution is -2.47. The number of hydroxylamine groups is 1. The molecule has 1 fully saturated rings. The number of Topliss-reactive ketones (excluding diaryl/α,β-unsaturated/α-hetero) is 1. The summed E-state index contributed by atoms with van der Waals surface area (Å²) in [5, 5.41) is 1.82. The highest BCUT2D eigenvalue weighted by atomic mass is 16.7. The lowest BCUT2D eigenvalue weighted by atomic mass is 9.76. The van der Waals surface area contributed by atoms with E-state index < -0.39 is 11.1 Å². The minimum Gasteiger partial charge on any atom is -0.291 e. The number of benzene rings is 2. The number of fused-ring (bicyclic) bond motifs is 3. The molecule has 0 radical (unpaired) electrons. The molecule has 3 heteroatoms. The first kappa shape index (κ1) is 13.5. The minimum atomic E-state index is -0.700. The lowest BCUT2D eigenvalue weighted by molar-refractivity contribution is 0.00610. The van der Waals surface area contributed by atoms with Crippen molar-refractivity contribution in [2.24, 2.45) is 0 Å². The summed E-state index contributed by atoms with van der Waals surface area (Å²) in [6.45, 7) is 6.13. The first-order valence-corrected chi connectivity index (χ1v) is 7.64. The third-order valence-corrected chi connectivity index (χ3v) is 4.97. The standard InChI is InChI=1S/C19H19NO2/c1-18(2)16-14-11-7-8-12-15(14)17(21)19(16,3)20(22-18)13-9-5-4-6-10-13/h4-12,16H,1-3H3/t16-,19+/m1/s1. The molecule has 0 N–H and O–H groups in total. The summed E-state index contributed by atoms with van der Waals surface area (Å²) in [7, 11) is 0. The third-order valence-electron chi connectivity index (χ3n) is 4.97. The van der Waals surface area contributed by atoms with Gasteiger partial charge in [-0.2, -0.15) is 0 Å². The van der Waals surface area contributed by atoms with Crippen LogP contribution in [0.25, 0.3) is 0 Å². The van der Waals surface area contributed by atoms with Crippen LogP contribution in [0.4, 0.5) is 5.69 Å². The molecule has 112 valence electrons. The van der Waals surface area contributed by atoms with Gasteiger partial charge in [-0.3, -0.25) is 9.63 Å². The summed E-state index contributed by atoms with van der Waals surface area (Å²) in [5.41, 5.74) is 1.70. The molecule has 4 rings (SSSR count). The van der Waals surface area contributed by atoms with E-state index in [0.717, 1.165) is 16.8 Å². The number of ketones is 1. The van der Waals surface area contributed by atoms with E-state index in [-0.39, 0.29) is 11.7 Å². The van der Waals surface area contributed by atoms with E-state index >= 15 is 0 Å². The number of nitrogens with zero attached hydrogens (tertiary/aromatic N) is 1. The Bertz CT molecular complexity index is 753. The fourth-order valence-corrected chi connectivity index (χ4v) is 4.19. The molecule has 0 spiro atoms. The fourth-order valence-electron chi connectivity index (χ4n) is 4.19. The van der Waals surface area contributed by atoms with Crippen molar-refractivity contribution in [1.82, 2.24) is 0 Å². The highest BCUT2D eigenvalue weighted by Gasteiger charge is 2.65. The maximum absolute atomic E-state index is 13.1. The lowest BCUT2D eigenvalue weighted by Gasteiger charge is -2.32. The summed E-state index contributed by atoms with van der Waals surface area (Å²) >= 11 is 0. The molecule has 2 aliphatic rings. The number of rotatable bonds is 1. The molecule has 22 heavy (non-hydrogen) atoms. The molecule has 2 aromatic carbocycles. The molecular weight excluding hydrogens is 274 g/mol. The zero-order valence-electron chi connectivity index (χ0n) is 13.0. The number of carbonyl (C=O) groups is 1. The van der Waals surface area contributed by atoms with Gasteiger partial charge in [0.2, 0.25) is 0 Å². The molecule has 1 aliphatic carbocycles. The fraction of sp³-hybridized carbons (Fsp3) is 0.316. The van der Waals surface area contributed by atoms with Crippen LogP contribution in [0.5, 0.6) is 0 Å². The van der Waals surface area contributed by atoms with E-state index in [1.807, 2.05) is 60.5 Å². The number of hydrogen-bond acceptors (Lipinski definition) is 3. The highest BCUT2D eigenvalue weighted by molar-refractivity contribution is 6.11. The Morgan fingerprint density at radius 2 is 1.59 bits per heavy atom. The van der Waals surface area contributed by atoms with Gasteiger partial charge in [-0.15, -0.1) is 0 Å². The zero-order chi connectivity index (χ0) is 15.5. The molecule has 1 heterocycles. The predicted molar refractivity (Wildman–Crippen MR) is 86.0 cm³/mol. The molecule has 0 aromatic heterocycles. The van der Waals surface area contributed by atoms with Crippen LogP contribution in [-0.4, -0.2) is 16.9 Å². The van der Waals surface area contributed by atoms with Gasteiger partial charge in [-0.05, 0) is 38.5 Å². The maximum atomic E-state index is 13.1. The number of anilines is 1. The number of carbonyl (C=O) groups excluding carboxylic acids is 1. The van der Waals surface area contributed by atoms with Crippen LogP contribution in [0.3, 0.4) is 0 Å². The molecule has 2 aromatic rings. The van der Waals surface area contributed by atoms with E-state index in [2.05, 4.69) is 19.9 Å². The van der Waals surface area contributed by atoms with Crippen molar-refractivity contribution in [2.45, 2.75) is 37.8 Å². The molecular formula is C19H19NO2. The van der Waals surface area contributed by atoms with E-state index in [0.29, 0.717) is 0 Å². The Kier molecular flexibility index (Phi) is 2.58. The predicted octanol–water partition coefficient (Wildman–Crippen LogP) is 3.96. The normalized spacial score (nSPS) is 28.6. The first-order valence-electron chi connectivity index (χ1n) is 7.64. The van der Waals surface area contributed by atoms with Crippen LogP contribution >= 0.6 is 0 Å². The Balaban J connectivity index is 1.93. The Hall–Kier alpha value is -2.13. The molecule has 0 amide bonds. The molecule has 0 saturated carbocycles. The Labute approximate surface area is 130 Å². The topological polar surface area (TPSA) is 29.5 Å². The average molecular weight is 293 g/mol. The largest absolute Gasteiger partial charge is 0.291 e. The minimum absolute atomic E-state index is 0.0175. The Morgan fingerprint density at radius 3 is 2.32 bits per heavy atom. The summed E-state index contributed by atoms with van der Waals surface area (Å²) in [4.78, 5) is 19.4. The molecule has 1 saturated heterocycles. The quantitative estimate of drug-likeness (QED) is 0.797. The van der Waals surface area contributed by atoms with Crippen LogP contribution in [-0.2, 0) is 4.84 Å². The second-order valence-corrected chi connectivity index (χ2v) is 6.82. The SMILES string of the molecule is CC1(C)ON(c2ccccc2)[C@]2(C)C(=O)c3ccccc3[C@H]12. The van der Waals surface area contributed by atoms with Crippen molar-refractivity contribution in [3.05, 3.63) is 65.7 Å². The molecule has 3 nitrogen and oxygen atoms in total. The van der Waals surface area contributed by atoms with Gasteiger partial charge in [0.05, 0.1) is 5.69 Å². The van der Waals surface area contributed by atoms with E-state index in [1.165, 1.54) is 0 Å². The summed E-state index contributed by atoms with van der Waals surface area (Å²) in [6, 6.07) is 17.8. The van der Waals surface area contributed by atoms with Gasteiger partial charge in [0.25, 0.3) is 0 Å². The van der Waals surface area contributed by atoms with Gasteiger partial charge in [-0.25, -0.2) is 5.06 Å². The van der Waals surface area contributed by atoms with Crippen molar-refractivity contribution >= 4 is 11.5 Å². The van der Waals surface area contributed by atoms with Crippen molar-refractivity contribution < 1.29 is 9.63 Å². The van der Waals surface area contributed by atoms with Crippen LogP contribution in [0.2, 0.25) is 0 Å². The monoisotopic (exact) mass is 293 g/mol. The van der Waals surface area contributed by atoms with Gasteiger partial charge >= 0.3 is 0 Å². The Morgan fingerprint density at radius 1 is 0.955 bits per heavy atom. The van der Waals surface area contributed by atoms with Crippen molar-refractivity contribution in [2.75, 3.05) is 5.06 Å². The van der Waals surface area contributed by atoms with Crippen LogP contribution in [0.15, 0.2) is 54.6 Å². The summed E-state index contributed by atoms with van der Waals surface area (Å²) in [6.07, 6.45) is 0. The molecule has 0 bridgehead atoms. The highest BCUT2D eigenvalue weighted by Crippen LogP contribution is 2.57. The summed E-state index contributed by atoms with van der Waals surface area (Å²) < 4.78 is 0. The van der Waals surface area contributed by atoms with Crippen LogP contribution < -0.4 is 5.06 Å². The van der Waals surface area contributed by atoms with E-state index in [9.17, 15) is 4.79 Å². The summed E-state index contributed by atoms with van der Waals surface area (Å²) in [5.74, 6) is 0.159. The van der Waals surface area contributed by atoms with Crippen LogP contribution in [0, 0.1) is 0 Å². The molecule has 0 unspecified atom stereocenters. The van der Waals surface area contributed by atoms with Crippen molar-refractivity contribution in [3.63, 3.8) is 0 Å². The average Bonchev–Trinajstić information content (AvgIpc) is 2.89. The molecule has 2 atom stereocenters. The third kappa shape index (κ3) is 1.52. The second kappa shape index (κ2) is 4.20. The van der Waals surface area contributed by atoms with Gasteiger partial charge in [0.1, 0.15) is 11.1 Å². The van der Waals surface area contributed by atoms with E-state index in [4.69, 9.17) is 4.84 Å². The van der Waals surface area contributed by atoms with E-state index in [1.54, 1.807) is 0 Å². The number of hydrogen-bond donors (Lipinski definition) is 0. The van der Waals surface area contributed by atoms with Gasteiger partial charge in [0.15, 0.2) is 5.78 Å². The maximum Gasteiger partial charge on any atom is 0.191 e. The number of para-hydroxylation sites is 1. The van der Waals surface area contributed by atoms with Gasteiger partial charge in [0, 0.05) is 11.5 Å². The second-order valence-electron chi connectivity index (χ2n) is 6.82. The van der Waals surface area contributed by atoms with Crippen molar-refractivity contribution in [1.29, 1.82) is 0 Å². The smallest absolute Gasteiger partial charge is 0.191 e. The van der Waals surface area contributed by atoms with Gasteiger partial charge in [-0.1, -0.05) is 42.5 Å².